The summed E-state index contributed by atoms with van der Waals surface area (Å²) in [6.07, 6.45) is 0.730. The Bertz CT molecular complexity index is 739. The van der Waals surface area contributed by atoms with Gasteiger partial charge in [-0.3, -0.25) is 9.36 Å². The zero-order chi connectivity index (χ0) is 17.0. The predicted molar refractivity (Wildman–Crippen MR) is 83.4 cm³/mol. The number of aromatic nitrogens is 3. The molecule has 1 aromatic heterocycles. The summed E-state index contributed by atoms with van der Waals surface area (Å²) >= 11 is 1.03. The summed E-state index contributed by atoms with van der Waals surface area (Å²) in [5.41, 5.74) is -0.847. The molecular formula is C14H16F2N4O2S. The number of carbonyl (C=O) groups is 1. The minimum Gasteiger partial charge on any atom is -0.320 e. The minimum atomic E-state index is -0.849. The third-order valence-electron chi connectivity index (χ3n) is 3.03. The second-order valence-corrected chi connectivity index (χ2v) is 6.12. The van der Waals surface area contributed by atoms with Gasteiger partial charge in [-0.1, -0.05) is 24.8 Å². The lowest BCUT2D eigenvalue weighted by atomic mass is 10.3. The van der Waals surface area contributed by atoms with Crippen LogP contribution in [0, 0.1) is 11.6 Å². The van der Waals surface area contributed by atoms with Crippen LogP contribution in [-0.2, 0) is 11.3 Å². The van der Waals surface area contributed by atoms with E-state index in [1.807, 2.05) is 6.92 Å². The summed E-state index contributed by atoms with van der Waals surface area (Å²) < 4.78 is 28.5. The quantitative estimate of drug-likeness (QED) is 0.790. The second-order valence-electron chi connectivity index (χ2n) is 4.81. The van der Waals surface area contributed by atoms with E-state index in [9.17, 15) is 18.4 Å². The third kappa shape index (κ3) is 3.98. The second kappa shape index (κ2) is 7.40. The first-order chi connectivity index (χ1) is 10.9. The summed E-state index contributed by atoms with van der Waals surface area (Å²) in [6, 6.07) is 3.33. The van der Waals surface area contributed by atoms with Crippen molar-refractivity contribution in [1.29, 1.82) is 0 Å². The highest BCUT2D eigenvalue weighted by Gasteiger charge is 2.21. The number of aromatic amines is 1. The lowest BCUT2D eigenvalue weighted by Gasteiger charge is -2.12. The van der Waals surface area contributed by atoms with Crippen molar-refractivity contribution in [3.63, 3.8) is 0 Å². The van der Waals surface area contributed by atoms with Crippen molar-refractivity contribution >= 4 is 23.4 Å². The fourth-order valence-corrected chi connectivity index (χ4v) is 2.75. The summed E-state index contributed by atoms with van der Waals surface area (Å²) in [5, 5.41) is 8.06. The normalized spacial score (nSPS) is 12.2. The van der Waals surface area contributed by atoms with E-state index >= 15 is 0 Å². The summed E-state index contributed by atoms with van der Waals surface area (Å²) in [4.78, 5) is 23.7. The molecule has 1 amide bonds. The molecule has 2 aromatic rings. The number of anilines is 1. The van der Waals surface area contributed by atoms with E-state index in [0.717, 1.165) is 30.3 Å². The zero-order valence-corrected chi connectivity index (χ0v) is 13.4. The lowest BCUT2D eigenvalue weighted by Crippen LogP contribution is -2.25. The van der Waals surface area contributed by atoms with Gasteiger partial charge in [-0.15, -0.1) is 5.10 Å². The fraction of sp³-hybridized carbons (Fsp3) is 0.357. The van der Waals surface area contributed by atoms with Crippen molar-refractivity contribution in [3.05, 3.63) is 40.3 Å². The summed E-state index contributed by atoms with van der Waals surface area (Å²) in [7, 11) is 0. The molecule has 23 heavy (non-hydrogen) atoms. The topological polar surface area (TPSA) is 79.8 Å². The Morgan fingerprint density at radius 3 is 2.70 bits per heavy atom. The molecule has 9 heteroatoms. The number of hydrogen-bond acceptors (Lipinski definition) is 4. The van der Waals surface area contributed by atoms with E-state index in [1.165, 1.54) is 10.6 Å². The number of amides is 1. The van der Waals surface area contributed by atoms with E-state index in [-0.39, 0.29) is 5.69 Å². The molecule has 0 saturated heterocycles. The number of para-hydroxylation sites is 1. The van der Waals surface area contributed by atoms with Crippen LogP contribution >= 0.6 is 11.8 Å². The highest BCUT2D eigenvalue weighted by molar-refractivity contribution is 8.00. The van der Waals surface area contributed by atoms with Gasteiger partial charge in [0.15, 0.2) is 5.16 Å². The first kappa shape index (κ1) is 17.2. The van der Waals surface area contributed by atoms with Crippen LogP contribution in [0.25, 0.3) is 0 Å². The van der Waals surface area contributed by atoms with Gasteiger partial charge in [0.2, 0.25) is 5.91 Å². The molecule has 124 valence electrons. The largest absolute Gasteiger partial charge is 0.343 e. The van der Waals surface area contributed by atoms with Crippen LogP contribution in [0.4, 0.5) is 14.5 Å². The van der Waals surface area contributed by atoms with Crippen LogP contribution in [0.2, 0.25) is 0 Å². The first-order valence-corrected chi connectivity index (χ1v) is 7.88. The molecule has 0 fully saturated rings. The number of H-pyrrole nitrogens is 1. The molecule has 0 radical (unpaired) electrons. The summed E-state index contributed by atoms with van der Waals surface area (Å²) in [5.74, 6) is -2.28. The van der Waals surface area contributed by atoms with Gasteiger partial charge in [0.25, 0.3) is 0 Å². The molecule has 0 saturated carbocycles. The maximum absolute atomic E-state index is 13.5. The van der Waals surface area contributed by atoms with Gasteiger partial charge in [0, 0.05) is 6.54 Å². The van der Waals surface area contributed by atoms with E-state index < -0.39 is 28.5 Å². The predicted octanol–water partition coefficient (Wildman–Crippen LogP) is 2.38. The van der Waals surface area contributed by atoms with Crippen LogP contribution in [-0.4, -0.2) is 25.9 Å². The number of nitrogens with one attached hydrogen (secondary N) is 2. The molecule has 1 unspecified atom stereocenters. The molecule has 1 aromatic carbocycles. The molecule has 2 N–H and O–H groups in total. The molecule has 1 atom stereocenters. The van der Waals surface area contributed by atoms with Crippen LogP contribution in [0.15, 0.2) is 28.2 Å². The van der Waals surface area contributed by atoms with Crippen LogP contribution in [0.3, 0.4) is 0 Å². The monoisotopic (exact) mass is 342 g/mol. The maximum atomic E-state index is 13.5. The fourth-order valence-electron chi connectivity index (χ4n) is 1.87. The Morgan fingerprint density at radius 2 is 2.09 bits per heavy atom. The van der Waals surface area contributed by atoms with Crippen molar-refractivity contribution in [2.24, 2.45) is 0 Å². The van der Waals surface area contributed by atoms with Crippen molar-refractivity contribution in [3.8, 4) is 0 Å². The summed E-state index contributed by atoms with van der Waals surface area (Å²) in [6.45, 7) is 3.94. The van der Waals surface area contributed by atoms with E-state index in [2.05, 4.69) is 15.5 Å². The molecule has 0 aliphatic heterocycles. The first-order valence-electron chi connectivity index (χ1n) is 7.00. The SMILES string of the molecule is CCCn1c(SC(C)C(=O)Nc2c(F)cccc2F)n[nH]c1=O. The van der Waals surface area contributed by atoms with Gasteiger partial charge in [-0.05, 0) is 25.5 Å². The Morgan fingerprint density at radius 1 is 1.43 bits per heavy atom. The average molecular weight is 342 g/mol. The van der Waals surface area contributed by atoms with E-state index in [4.69, 9.17) is 0 Å². The molecule has 6 nitrogen and oxygen atoms in total. The Balaban J connectivity index is 2.10. The zero-order valence-electron chi connectivity index (χ0n) is 12.6. The number of carbonyl (C=O) groups excluding carboxylic acids is 1. The van der Waals surface area contributed by atoms with Gasteiger partial charge in [0.1, 0.15) is 17.3 Å². The van der Waals surface area contributed by atoms with E-state index in [0.29, 0.717) is 11.7 Å². The number of halogens is 2. The molecule has 0 aliphatic carbocycles. The Labute approximate surface area is 135 Å². The smallest absolute Gasteiger partial charge is 0.320 e. The number of benzene rings is 1. The Hall–Kier alpha value is -2.16. The molecule has 0 aliphatic rings. The number of rotatable bonds is 6. The van der Waals surface area contributed by atoms with Gasteiger partial charge < -0.3 is 5.32 Å². The highest BCUT2D eigenvalue weighted by atomic mass is 32.2. The average Bonchev–Trinajstić information content (AvgIpc) is 2.84. The molecular weight excluding hydrogens is 326 g/mol. The van der Waals surface area contributed by atoms with Crippen molar-refractivity contribution < 1.29 is 13.6 Å². The molecule has 1 heterocycles. The van der Waals surface area contributed by atoms with Gasteiger partial charge >= 0.3 is 5.69 Å². The lowest BCUT2D eigenvalue weighted by molar-refractivity contribution is -0.115. The van der Waals surface area contributed by atoms with Gasteiger partial charge in [0.05, 0.1) is 5.25 Å². The molecule has 2 rings (SSSR count). The van der Waals surface area contributed by atoms with Crippen molar-refractivity contribution in [2.45, 2.75) is 37.2 Å². The number of thioether (sulfide) groups is 1. The van der Waals surface area contributed by atoms with Gasteiger partial charge in [-0.25, -0.2) is 18.7 Å². The van der Waals surface area contributed by atoms with Crippen LogP contribution in [0.1, 0.15) is 20.3 Å². The molecule has 0 spiro atoms. The third-order valence-corrected chi connectivity index (χ3v) is 4.12. The van der Waals surface area contributed by atoms with Crippen molar-refractivity contribution in [2.75, 3.05) is 5.32 Å². The van der Waals surface area contributed by atoms with Crippen LogP contribution < -0.4 is 11.0 Å². The number of hydrogen-bond donors (Lipinski definition) is 2. The van der Waals surface area contributed by atoms with E-state index in [1.54, 1.807) is 6.92 Å². The molecule has 0 bridgehead atoms. The standard InChI is InChI=1S/C14H16F2N4O2S/c1-3-7-20-13(22)18-19-14(20)23-8(2)12(21)17-11-9(15)5-4-6-10(11)16/h4-6,8H,3,7H2,1-2H3,(H,17,21)(H,18,22). The minimum absolute atomic E-state index is 0.355. The highest BCUT2D eigenvalue weighted by Crippen LogP contribution is 2.23. The number of nitrogens with zero attached hydrogens (tertiary/aromatic N) is 2. The Kier molecular flexibility index (Phi) is 5.54. The maximum Gasteiger partial charge on any atom is 0.343 e. The van der Waals surface area contributed by atoms with Gasteiger partial charge in [-0.2, -0.15) is 0 Å². The van der Waals surface area contributed by atoms with Crippen LogP contribution in [0.5, 0.6) is 0 Å². The van der Waals surface area contributed by atoms with Crippen molar-refractivity contribution in [1.82, 2.24) is 14.8 Å².